The van der Waals surface area contributed by atoms with Crippen molar-refractivity contribution in [1.29, 1.82) is 0 Å². The fourth-order valence-corrected chi connectivity index (χ4v) is 3.89. The van der Waals surface area contributed by atoms with Crippen LogP contribution in [0.3, 0.4) is 0 Å². The smallest absolute Gasteiger partial charge is 0.00916 e. The van der Waals surface area contributed by atoms with Gasteiger partial charge in [-0.3, -0.25) is 0 Å². The van der Waals surface area contributed by atoms with E-state index in [0.717, 1.165) is 18.4 Å². The van der Waals surface area contributed by atoms with Crippen LogP contribution < -0.4 is 5.32 Å². The van der Waals surface area contributed by atoms with Crippen molar-refractivity contribution in [2.24, 2.45) is 5.92 Å². The fourth-order valence-electron chi connectivity index (χ4n) is 2.97. The second-order valence-corrected chi connectivity index (χ2v) is 6.20. The van der Waals surface area contributed by atoms with Gasteiger partial charge >= 0.3 is 0 Å². The van der Waals surface area contributed by atoms with Gasteiger partial charge in [-0.05, 0) is 43.2 Å². The summed E-state index contributed by atoms with van der Waals surface area (Å²) in [5.41, 5.74) is 0. The van der Waals surface area contributed by atoms with Crippen LogP contribution in [0.5, 0.6) is 0 Å². The van der Waals surface area contributed by atoms with Crippen molar-refractivity contribution in [3.8, 4) is 0 Å². The largest absolute Gasteiger partial charge is 0.316 e. The highest BCUT2D eigenvalue weighted by atomic mass is 32.1. The van der Waals surface area contributed by atoms with E-state index < -0.39 is 0 Å². The topological polar surface area (TPSA) is 12.0 Å². The highest BCUT2D eigenvalue weighted by molar-refractivity contribution is 7.10. The summed E-state index contributed by atoms with van der Waals surface area (Å²) in [5, 5.41) is 5.85. The molecule has 0 radical (unpaired) electrons. The molecule has 0 bridgehead atoms. The zero-order valence-electron chi connectivity index (χ0n) is 11.0. The van der Waals surface area contributed by atoms with Crippen LogP contribution in [-0.4, -0.2) is 13.1 Å². The third kappa shape index (κ3) is 3.82. The van der Waals surface area contributed by atoms with Gasteiger partial charge in [-0.15, -0.1) is 11.3 Å². The second-order valence-electron chi connectivity index (χ2n) is 5.22. The number of thiophene rings is 1. The normalized spacial score (nSPS) is 19.4. The Morgan fingerprint density at radius 1 is 1.35 bits per heavy atom. The number of hydrogen-bond donors (Lipinski definition) is 1. The Labute approximate surface area is 110 Å². The average Bonchev–Trinajstić information content (AvgIpc) is 2.89. The summed E-state index contributed by atoms with van der Waals surface area (Å²) in [7, 11) is 0. The van der Waals surface area contributed by atoms with Gasteiger partial charge in [0.25, 0.3) is 0 Å². The SMILES string of the molecule is CCCNCC(c1cccs1)C1CCCCC1. The third-order valence-corrected chi connectivity index (χ3v) is 4.92. The van der Waals surface area contributed by atoms with Gasteiger partial charge in [-0.1, -0.05) is 32.3 Å². The summed E-state index contributed by atoms with van der Waals surface area (Å²) in [5.74, 6) is 1.69. The predicted octanol–water partition coefficient (Wildman–Crippen LogP) is 4.41. The van der Waals surface area contributed by atoms with Crippen molar-refractivity contribution < 1.29 is 0 Å². The Morgan fingerprint density at radius 3 is 2.82 bits per heavy atom. The Bertz CT molecular complexity index is 288. The lowest BCUT2D eigenvalue weighted by Crippen LogP contribution is -2.28. The first-order valence-electron chi connectivity index (χ1n) is 7.16. The van der Waals surface area contributed by atoms with Crippen molar-refractivity contribution in [3.05, 3.63) is 22.4 Å². The number of hydrogen-bond acceptors (Lipinski definition) is 2. The molecule has 1 N–H and O–H groups in total. The van der Waals surface area contributed by atoms with Crippen LogP contribution in [0, 0.1) is 5.92 Å². The monoisotopic (exact) mass is 251 g/mol. The molecule has 1 heterocycles. The standard InChI is InChI=1S/C15H25NS/c1-2-10-16-12-14(15-9-6-11-17-15)13-7-4-3-5-8-13/h6,9,11,13-14,16H,2-5,7-8,10,12H2,1H3. The van der Waals surface area contributed by atoms with E-state index in [2.05, 4.69) is 29.8 Å². The van der Waals surface area contributed by atoms with E-state index in [0.29, 0.717) is 0 Å². The van der Waals surface area contributed by atoms with Gasteiger partial charge in [0.05, 0.1) is 0 Å². The average molecular weight is 251 g/mol. The van der Waals surface area contributed by atoms with Gasteiger partial charge in [0.1, 0.15) is 0 Å². The lowest BCUT2D eigenvalue weighted by Gasteiger charge is -2.30. The number of nitrogens with one attached hydrogen (secondary N) is 1. The lowest BCUT2D eigenvalue weighted by molar-refractivity contribution is 0.299. The minimum absolute atomic E-state index is 0.766. The van der Waals surface area contributed by atoms with E-state index in [1.165, 1.54) is 45.1 Å². The summed E-state index contributed by atoms with van der Waals surface area (Å²) < 4.78 is 0. The quantitative estimate of drug-likeness (QED) is 0.738. The summed E-state index contributed by atoms with van der Waals surface area (Å²) >= 11 is 1.94. The molecule has 1 atom stereocenters. The van der Waals surface area contributed by atoms with E-state index in [9.17, 15) is 0 Å². The Kier molecular flexibility index (Phi) is 5.53. The van der Waals surface area contributed by atoms with Crippen molar-refractivity contribution in [2.75, 3.05) is 13.1 Å². The van der Waals surface area contributed by atoms with E-state index in [1.807, 2.05) is 11.3 Å². The Morgan fingerprint density at radius 2 is 2.18 bits per heavy atom. The predicted molar refractivity (Wildman–Crippen MR) is 76.8 cm³/mol. The maximum absolute atomic E-state index is 3.63. The first kappa shape index (κ1) is 13.1. The van der Waals surface area contributed by atoms with Crippen LogP contribution in [-0.2, 0) is 0 Å². The van der Waals surface area contributed by atoms with Crippen LogP contribution in [0.15, 0.2) is 17.5 Å². The molecule has 1 aromatic rings. The molecule has 1 fully saturated rings. The maximum Gasteiger partial charge on any atom is 0.00916 e. The van der Waals surface area contributed by atoms with Crippen LogP contribution in [0.25, 0.3) is 0 Å². The molecule has 0 spiro atoms. The molecular weight excluding hydrogens is 226 g/mol. The number of rotatable bonds is 6. The molecule has 0 amide bonds. The van der Waals surface area contributed by atoms with Gasteiger partial charge in [0.2, 0.25) is 0 Å². The maximum atomic E-state index is 3.63. The summed E-state index contributed by atoms with van der Waals surface area (Å²) in [6.07, 6.45) is 8.46. The van der Waals surface area contributed by atoms with Crippen LogP contribution in [0.4, 0.5) is 0 Å². The molecule has 1 aliphatic rings. The minimum atomic E-state index is 0.766. The molecule has 96 valence electrons. The van der Waals surface area contributed by atoms with Gasteiger partial charge in [0, 0.05) is 17.3 Å². The molecule has 1 unspecified atom stereocenters. The molecule has 0 aromatic carbocycles. The molecule has 17 heavy (non-hydrogen) atoms. The fraction of sp³-hybridized carbons (Fsp3) is 0.733. The van der Waals surface area contributed by atoms with Crippen LogP contribution in [0.2, 0.25) is 0 Å². The Balaban J connectivity index is 1.96. The first-order chi connectivity index (χ1) is 8.42. The van der Waals surface area contributed by atoms with Crippen molar-refractivity contribution >= 4 is 11.3 Å². The van der Waals surface area contributed by atoms with Gasteiger partial charge in [-0.25, -0.2) is 0 Å². The van der Waals surface area contributed by atoms with Crippen molar-refractivity contribution in [3.63, 3.8) is 0 Å². The molecule has 1 aliphatic carbocycles. The summed E-state index contributed by atoms with van der Waals surface area (Å²) in [6.45, 7) is 4.58. The molecule has 0 aliphatic heterocycles. The molecule has 2 heteroatoms. The molecule has 0 saturated heterocycles. The van der Waals surface area contributed by atoms with E-state index in [1.54, 1.807) is 4.88 Å². The van der Waals surface area contributed by atoms with E-state index in [4.69, 9.17) is 0 Å². The van der Waals surface area contributed by atoms with E-state index >= 15 is 0 Å². The van der Waals surface area contributed by atoms with Crippen molar-refractivity contribution in [1.82, 2.24) is 5.32 Å². The van der Waals surface area contributed by atoms with Crippen molar-refractivity contribution in [2.45, 2.75) is 51.4 Å². The molecule has 2 rings (SSSR count). The Hall–Kier alpha value is -0.340. The summed E-state index contributed by atoms with van der Waals surface area (Å²) in [4.78, 5) is 1.60. The zero-order chi connectivity index (χ0) is 11.9. The molecular formula is C15H25NS. The molecule has 1 nitrogen and oxygen atoms in total. The second kappa shape index (κ2) is 7.17. The van der Waals surface area contributed by atoms with Gasteiger partial charge < -0.3 is 5.32 Å². The van der Waals surface area contributed by atoms with Crippen LogP contribution >= 0.6 is 11.3 Å². The summed E-state index contributed by atoms with van der Waals surface area (Å²) in [6, 6.07) is 4.53. The highest BCUT2D eigenvalue weighted by Crippen LogP contribution is 2.37. The van der Waals surface area contributed by atoms with Crippen LogP contribution in [0.1, 0.15) is 56.2 Å². The minimum Gasteiger partial charge on any atom is -0.316 e. The lowest BCUT2D eigenvalue weighted by atomic mass is 9.79. The zero-order valence-corrected chi connectivity index (χ0v) is 11.8. The first-order valence-corrected chi connectivity index (χ1v) is 8.04. The third-order valence-electron chi connectivity index (χ3n) is 3.92. The van der Waals surface area contributed by atoms with E-state index in [-0.39, 0.29) is 0 Å². The molecule has 1 aromatic heterocycles. The molecule has 1 saturated carbocycles. The van der Waals surface area contributed by atoms with Gasteiger partial charge in [0.15, 0.2) is 0 Å². The van der Waals surface area contributed by atoms with Gasteiger partial charge in [-0.2, -0.15) is 0 Å². The highest BCUT2D eigenvalue weighted by Gasteiger charge is 2.25.